The standard InChI is InChI=1S/C15H17N3O2/c1-3-13(12-8-6-11(2)7-9-12)17-15-14(18(19)20)5-4-10-16-15/h4-10,13H,3H2,1-2H3,(H,16,17)/p+1/t13-/m1/s1. The van der Waals surface area contributed by atoms with Crippen molar-refractivity contribution in [3.8, 4) is 0 Å². The van der Waals surface area contributed by atoms with Gasteiger partial charge in [0, 0.05) is 6.07 Å². The van der Waals surface area contributed by atoms with Crippen molar-refractivity contribution in [2.45, 2.75) is 26.3 Å². The summed E-state index contributed by atoms with van der Waals surface area (Å²) in [4.78, 5) is 13.5. The Balaban J connectivity index is 2.27. The van der Waals surface area contributed by atoms with Gasteiger partial charge in [0.2, 0.25) is 0 Å². The molecule has 104 valence electrons. The number of aromatic amines is 1. The Kier molecular flexibility index (Phi) is 4.30. The smallest absolute Gasteiger partial charge is 0.262 e. The van der Waals surface area contributed by atoms with Gasteiger partial charge in [-0.1, -0.05) is 36.8 Å². The van der Waals surface area contributed by atoms with E-state index in [-0.39, 0.29) is 16.7 Å². The average molecular weight is 272 g/mol. The summed E-state index contributed by atoms with van der Waals surface area (Å²) in [6.45, 7) is 4.08. The van der Waals surface area contributed by atoms with Gasteiger partial charge in [-0.2, -0.15) is 0 Å². The van der Waals surface area contributed by atoms with Crippen LogP contribution < -0.4 is 10.3 Å². The molecule has 2 N–H and O–H groups in total. The van der Waals surface area contributed by atoms with Crippen LogP contribution in [0.5, 0.6) is 0 Å². The maximum absolute atomic E-state index is 11.0. The van der Waals surface area contributed by atoms with E-state index >= 15 is 0 Å². The van der Waals surface area contributed by atoms with Crippen LogP contribution in [-0.2, 0) is 0 Å². The third-order valence-corrected chi connectivity index (χ3v) is 3.24. The zero-order valence-corrected chi connectivity index (χ0v) is 11.6. The van der Waals surface area contributed by atoms with Gasteiger partial charge in [-0.3, -0.25) is 15.4 Å². The summed E-state index contributed by atoms with van der Waals surface area (Å²) in [6, 6.07) is 11.3. The highest BCUT2D eigenvalue weighted by molar-refractivity contribution is 5.52. The first kappa shape index (κ1) is 14.0. The minimum absolute atomic E-state index is 0.0351. The maximum atomic E-state index is 11.0. The van der Waals surface area contributed by atoms with Crippen molar-refractivity contribution in [1.82, 2.24) is 0 Å². The van der Waals surface area contributed by atoms with Crippen molar-refractivity contribution in [2.24, 2.45) is 0 Å². The zero-order chi connectivity index (χ0) is 14.5. The van der Waals surface area contributed by atoms with E-state index in [0.29, 0.717) is 5.82 Å². The van der Waals surface area contributed by atoms with Gasteiger partial charge in [-0.05, 0) is 25.0 Å². The van der Waals surface area contributed by atoms with E-state index in [9.17, 15) is 10.1 Å². The highest BCUT2D eigenvalue weighted by atomic mass is 16.6. The Labute approximate surface area is 117 Å². The molecular weight excluding hydrogens is 254 g/mol. The molecule has 0 aliphatic rings. The molecule has 0 fully saturated rings. The predicted molar refractivity (Wildman–Crippen MR) is 77.5 cm³/mol. The Hall–Kier alpha value is -2.43. The van der Waals surface area contributed by atoms with E-state index in [4.69, 9.17) is 0 Å². The number of nitrogens with zero attached hydrogens (tertiary/aromatic N) is 1. The summed E-state index contributed by atoms with van der Waals surface area (Å²) < 4.78 is 0. The van der Waals surface area contributed by atoms with Gasteiger partial charge < -0.3 is 0 Å². The molecule has 0 aliphatic heterocycles. The van der Waals surface area contributed by atoms with Gasteiger partial charge in [0.15, 0.2) is 0 Å². The van der Waals surface area contributed by atoms with Crippen molar-refractivity contribution in [3.05, 3.63) is 63.8 Å². The molecule has 2 rings (SSSR count). The van der Waals surface area contributed by atoms with Crippen LogP contribution in [0, 0.1) is 17.0 Å². The normalized spacial score (nSPS) is 11.9. The Morgan fingerprint density at radius 1 is 1.30 bits per heavy atom. The van der Waals surface area contributed by atoms with Crippen LogP contribution in [0.3, 0.4) is 0 Å². The Bertz CT molecular complexity index is 596. The first-order chi connectivity index (χ1) is 9.61. The lowest BCUT2D eigenvalue weighted by molar-refractivity contribution is -0.410. The lowest BCUT2D eigenvalue weighted by atomic mass is 10.0. The topological polar surface area (TPSA) is 69.3 Å². The third kappa shape index (κ3) is 3.12. The molecule has 0 unspecified atom stereocenters. The molecule has 0 radical (unpaired) electrons. The summed E-state index contributed by atoms with van der Waals surface area (Å²) >= 11 is 0. The number of pyridine rings is 1. The monoisotopic (exact) mass is 272 g/mol. The third-order valence-electron chi connectivity index (χ3n) is 3.24. The molecule has 0 amide bonds. The van der Waals surface area contributed by atoms with E-state index in [0.717, 1.165) is 12.0 Å². The fraction of sp³-hybridized carbons (Fsp3) is 0.267. The number of hydrogen-bond acceptors (Lipinski definition) is 3. The molecule has 5 nitrogen and oxygen atoms in total. The highest BCUT2D eigenvalue weighted by Gasteiger charge is 2.23. The first-order valence-corrected chi connectivity index (χ1v) is 6.60. The second kappa shape index (κ2) is 6.14. The predicted octanol–water partition coefficient (Wildman–Crippen LogP) is 3.28. The van der Waals surface area contributed by atoms with Gasteiger partial charge in [0.25, 0.3) is 0 Å². The van der Waals surface area contributed by atoms with E-state index in [1.54, 1.807) is 12.3 Å². The molecule has 1 heterocycles. The van der Waals surface area contributed by atoms with Crippen LogP contribution in [0.25, 0.3) is 0 Å². The van der Waals surface area contributed by atoms with Crippen molar-refractivity contribution >= 4 is 11.5 Å². The second-order valence-electron chi connectivity index (χ2n) is 4.70. The largest absolute Gasteiger partial charge is 0.357 e. The van der Waals surface area contributed by atoms with E-state index < -0.39 is 0 Å². The molecule has 1 atom stereocenters. The molecule has 5 heteroatoms. The van der Waals surface area contributed by atoms with Gasteiger partial charge in [-0.25, -0.2) is 4.98 Å². The first-order valence-electron chi connectivity index (χ1n) is 6.60. The van der Waals surface area contributed by atoms with Gasteiger partial charge in [0.1, 0.15) is 6.04 Å². The van der Waals surface area contributed by atoms with Crippen molar-refractivity contribution < 1.29 is 9.91 Å². The summed E-state index contributed by atoms with van der Waals surface area (Å²) in [7, 11) is 0. The quantitative estimate of drug-likeness (QED) is 0.670. The number of benzene rings is 1. The lowest BCUT2D eigenvalue weighted by Crippen LogP contribution is -2.19. The minimum Gasteiger partial charge on any atom is -0.262 e. The molecule has 0 saturated carbocycles. The fourth-order valence-electron chi connectivity index (χ4n) is 2.09. The Morgan fingerprint density at radius 3 is 2.60 bits per heavy atom. The number of hydrogen-bond donors (Lipinski definition) is 1. The molecule has 0 saturated heterocycles. The van der Waals surface area contributed by atoms with E-state index in [1.165, 1.54) is 11.6 Å². The van der Waals surface area contributed by atoms with Gasteiger partial charge in [-0.15, -0.1) is 0 Å². The maximum Gasteiger partial charge on any atom is 0.357 e. The van der Waals surface area contributed by atoms with Gasteiger partial charge in [0.05, 0.1) is 11.1 Å². The number of H-pyrrole nitrogens is 1. The van der Waals surface area contributed by atoms with Gasteiger partial charge >= 0.3 is 11.5 Å². The number of rotatable bonds is 5. The summed E-state index contributed by atoms with van der Waals surface area (Å²) in [5, 5.41) is 14.2. The molecule has 1 aromatic carbocycles. The molecule has 2 aromatic rings. The highest BCUT2D eigenvalue weighted by Crippen LogP contribution is 2.25. The average Bonchev–Trinajstić information content (AvgIpc) is 2.46. The molecule has 0 aliphatic carbocycles. The summed E-state index contributed by atoms with van der Waals surface area (Å²) in [5.74, 6) is 0.435. The van der Waals surface area contributed by atoms with Crippen LogP contribution in [-0.4, -0.2) is 4.92 Å². The zero-order valence-electron chi connectivity index (χ0n) is 11.6. The molecule has 1 aromatic heterocycles. The van der Waals surface area contributed by atoms with Crippen molar-refractivity contribution in [3.63, 3.8) is 0 Å². The van der Waals surface area contributed by atoms with E-state index in [2.05, 4.69) is 10.3 Å². The number of aromatic nitrogens is 1. The second-order valence-corrected chi connectivity index (χ2v) is 4.70. The summed E-state index contributed by atoms with van der Waals surface area (Å²) in [5.41, 5.74) is 2.36. The number of aryl methyl sites for hydroxylation is 1. The SMILES string of the molecule is CC[C@@H](Nc1[nH+]cccc1[N+](=O)[O-])c1ccc(C)cc1. The Morgan fingerprint density at radius 2 is 2.00 bits per heavy atom. The van der Waals surface area contributed by atoms with Crippen molar-refractivity contribution in [2.75, 3.05) is 5.32 Å². The molecular formula is C15H18N3O2+. The van der Waals surface area contributed by atoms with Crippen LogP contribution >= 0.6 is 0 Å². The lowest BCUT2D eigenvalue weighted by Gasteiger charge is -2.12. The van der Waals surface area contributed by atoms with Crippen LogP contribution in [0.2, 0.25) is 0 Å². The molecule has 0 bridgehead atoms. The van der Waals surface area contributed by atoms with Crippen LogP contribution in [0.4, 0.5) is 11.5 Å². The molecule has 0 spiro atoms. The van der Waals surface area contributed by atoms with Crippen LogP contribution in [0.15, 0.2) is 42.6 Å². The van der Waals surface area contributed by atoms with Crippen molar-refractivity contribution in [1.29, 1.82) is 0 Å². The number of nitro groups is 1. The number of nitrogens with one attached hydrogen (secondary N) is 2. The van der Waals surface area contributed by atoms with E-state index in [1.807, 2.05) is 38.1 Å². The van der Waals surface area contributed by atoms with Crippen LogP contribution in [0.1, 0.15) is 30.5 Å². The fourth-order valence-corrected chi connectivity index (χ4v) is 2.09. The summed E-state index contributed by atoms with van der Waals surface area (Å²) in [6.07, 6.45) is 2.51. The minimum atomic E-state index is -0.388. The number of anilines is 1. The molecule has 20 heavy (non-hydrogen) atoms.